The Labute approximate surface area is 71.6 Å². The molecule has 3 nitrogen and oxygen atoms in total. The van der Waals surface area contributed by atoms with Gasteiger partial charge in [0.25, 0.3) is 6.33 Å². The van der Waals surface area contributed by atoms with E-state index in [0.29, 0.717) is 5.92 Å². The molecular weight excluding hydrogens is 152 g/mol. The van der Waals surface area contributed by atoms with E-state index in [2.05, 4.69) is 11.9 Å². The fourth-order valence-corrected chi connectivity index (χ4v) is 1.99. The van der Waals surface area contributed by atoms with E-state index in [1.54, 1.807) is 0 Å². The number of hydrogen-bond acceptors (Lipinski definition) is 2. The van der Waals surface area contributed by atoms with Gasteiger partial charge in [-0.3, -0.25) is 0 Å². The molecule has 2 rings (SSSR count). The molecule has 0 amide bonds. The average molecular weight is 164 g/mol. The fraction of sp³-hybridized carbons (Fsp3) is 0.556. The third-order valence-corrected chi connectivity index (χ3v) is 2.63. The normalized spacial score (nSPS) is 21.0. The van der Waals surface area contributed by atoms with Gasteiger partial charge in [-0.25, -0.2) is 4.73 Å². The summed E-state index contributed by atoms with van der Waals surface area (Å²) in [6.07, 6.45) is 3.36. The Morgan fingerprint density at radius 3 is 3.08 bits per heavy atom. The minimum atomic E-state index is 0.508. The molecule has 12 heavy (non-hydrogen) atoms. The Kier molecular flexibility index (Phi) is 1.53. The predicted octanol–water partition coefficient (Wildman–Crippen LogP) is 1.07. The van der Waals surface area contributed by atoms with Crippen molar-refractivity contribution in [1.82, 2.24) is 4.98 Å². The number of aryl methyl sites for hydroxylation is 1. The second-order valence-electron chi connectivity index (χ2n) is 3.46. The summed E-state index contributed by atoms with van der Waals surface area (Å²) < 4.78 is 0.909. The average Bonchev–Trinajstić information content (AvgIpc) is 2.42. The summed E-state index contributed by atoms with van der Waals surface area (Å²) in [6, 6.07) is 0. The summed E-state index contributed by atoms with van der Waals surface area (Å²) in [5.74, 6) is 0.508. The number of nitrogens with zero attached hydrogens (tertiary/aromatic N) is 2. The van der Waals surface area contributed by atoms with Crippen LogP contribution in [0.3, 0.4) is 0 Å². The summed E-state index contributed by atoms with van der Waals surface area (Å²) in [5, 5.41) is 11.3. The van der Waals surface area contributed by atoms with Gasteiger partial charge in [-0.2, -0.15) is 0 Å². The molecule has 0 bridgehead atoms. The standard InChI is InChI=1S/C9H12N2O/c1-6-3-4-8-9(6)7(2)10-5-11(8)12/h5-6H,3-4H2,1-2H3/t6-/m1/s1. The van der Waals surface area contributed by atoms with Crippen LogP contribution in [0.25, 0.3) is 0 Å². The van der Waals surface area contributed by atoms with E-state index in [4.69, 9.17) is 0 Å². The zero-order chi connectivity index (χ0) is 8.72. The maximum absolute atomic E-state index is 11.3. The minimum absolute atomic E-state index is 0.508. The molecule has 0 saturated carbocycles. The van der Waals surface area contributed by atoms with Crippen LogP contribution >= 0.6 is 0 Å². The van der Waals surface area contributed by atoms with Crippen LogP contribution in [0.15, 0.2) is 6.33 Å². The maximum Gasteiger partial charge on any atom is 0.289 e. The highest BCUT2D eigenvalue weighted by molar-refractivity contribution is 5.29. The Balaban J connectivity index is 2.64. The second-order valence-corrected chi connectivity index (χ2v) is 3.46. The van der Waals surface area contributed by atoms with Gasteiger partial charge in [0.15, 0.2) is 5.69 Å². The van der Waals surface area contributed by atoms with E-state index in [1.165, 1.54) is 11.9 Å². The largest absolute Gasteiger partial charge is 0.711 e. The van der Waals surface area contributed by atoms with Crippen molar-refractivity contribution in [3.63, 3.8) is 0 Å². The number of fused-ring (bicyclic) bond motifs is 1. The SMILES string of the molecule is Cc1nc[n+]([O-])c2c1[C@H](C)CC2. The minimum Gasteiger partial charge on any atom is -0.711 e. The smallest absolute Gasteiger partial charge is 0.289 e. The topological polar surface area (TPSA) is 39.8 Å². The van der Waals surface area contributed by atoms with Gasteiger partial charge >= 0.3 is 0 Å². The van der Waals surface area contributed by atoms with E-state index in [-0.39, 0.29) is 0 Å². The van der Waals surface area contributed by atoms with Gasteiger partial charge in [-0.15, -0.1) is 0 Å². The van der Waals surface area contributed by atoms with Gasteiger partial charge in [0, 0.05) is 18.9 Å². The molecule has 1 aromatic heterocycles. The second kappa shape index (κ2) is 2.44. The number of hydrogen-bond donors (Lipinski definition) is 0. The van der Waals surface area contributed by atoms with Crippen LogP contribution < -0.4 is 4.73 Å². The van der Waals surface area contributed by atoms with Gasteiger partial charge in [-0.1, -0.05) is 11.9 Å². The Morgan fingerprint density at radius 2 is 2.42 bits per heavy atom. The van der Waals surface area contributed by atoms with Crippen molar-refractivity contribution in [3.8, 4) is 0 Å². The number of rotatable bonds is 0. The molecule has 0 spiro atoms. The van der Waals surface area contributed by atoms with Crippen molar-refractivity contribution in [2.45, 2.75) is 32.6 Å². The van der Waals surface area contributed by atoms with E-state index >= 15 is 0 Å². The molecule has 1 atom stereocenters. The van der Waals surface area contributed by atoms with E-state index in [1.807, 2.05) is 6.92 Å². The third kappa shape index (κ3) is 0.891. The summed E-state index contributed by atoms with van der Waals surface area (Å²) in [4.78, 5) is 4.05. The molecule has 1 aliphatic carbocycles. The van der Waals surface area contributed by atoms with Crippen LogP contribution in [-0.4, -0.2) is 4.98 Å². The van der Waals surface area contributed by atoms with Crippen LogP contribution in [0.1, 0.15) is 36.2 Å². The predicted molar refractivity (Wildman–Crippen MR) is 44.7 cm³/mol. The first-order valence-electron chi connectivity index (χ1n) is 4.27. The summed E-state index contributed by atoms with van der Waals surface area (Å²) in [7, 11) is 0. The van der Waals surface area contributed by atoms with Crippen LogP contribution in [0.5, 0.6) is 0 Å². The maximum atomic E-state index is 11.3. The monoisotopic (exact) mass is 164 g/mol. The highest BCUT2D eigenvalue weighted by Gasteiger charge is 2.26. The van der Waals surface area contributed by atoms with Crippen LogP contribution in [0, 0.1) is 12.1 Å². The zero-order valence-electron chi connectivity index (χ0n) is 7.37. The Hall–Kier alpha value is -1.12. The highest BCUT2D eigenvalue weighted by Crippen LogP contribution is 2.31. The number of aromatic nitrogens is 2. The summed E-state index contributed by atoms with van der Waals surface area (Å²) in [6.45, 7) is 4.13. The molecule has 1 heterocycles. The summed E-state index contributed by atoms with van der Waals surface area (Å²) >= 11 is 0. The van der Waals surface area contributed by atoms with Gasteiger partial charge in [0.2, 0.25) is 0 Å². The molecule has 0 radical (unpaired) electrons. The van der Waals surface area contributed by atoms with Crippen LogP contribution in [0.4, 0.5) is 0 Å². The Bertz CT molecular complexity index is 323. The van der Waals surface area contributed by atoms with E-state index < -0.39 is 0 Å². The van der Waals surface area contributed by atoms with Gasteiger partial charge in [-0.05, 0) is 12.3 Å². The van der Waals surface area contributed by atoms with Crippen LogP contribution in [0.2, 0.25) is 0 Å². The summed E-state index contributed by atoms with van der Waals surface area (Å²) in [5.41, 5.74) is 3.12. The zero-order valence-corrected chi connectivity index (χ0v) is 7.37. The molecule has 0 aliphatic heterocycles. The molecule has 1 aliphatic rings. The lowest BCUT2D eigenvalue weighted by atomic mass is 10.0. The van der Waals surface area contributed by atoms with Crippen molar-refractivity contribution in [3.05, 3.63) is 28.5 Å². The van der Waals surface area contributed by atoms with Crippen molar-refractivity contribution in [1.29, 1.82) is 0 Å². The van der Waals surface area contributed by atoms with Crippen molar-refractivity contribution in [2.75, 3.05) is 0 Å². The lowest BCUT2D eigenvalue weighted by molar-refractivity contribution is -0.617. The van der Waals surface area contributed by atoms with Gasteiger partial charge in [0.05, 0.1) is 0 Å². The third-order valence-electron chi connectivity index (χ3n) is 2.63. The molecule has 0 unspecified atom stereocenters. The van der Waals surface area contributed by atoms with Gasteiger partial charge < -0.3 is 5.21 Å². The lowest BCUT2D eigenvalue weighted by Gasteiger charge is -2.08. The first-order valence-corrected chi connectivity index (χ1v) is 4.27. The Morgan fingerprint density at radius 1 is 1.67 bits per heavy atom. The molecule has 1 aromatic rings. The fourth-order valence-electron chi connectivity index (χ4n) is 1.99. The van der Waals surface area contributed by atoms with Crippen LogP contribution in [-0.2, 0) is 6.42 Å². The quantitative estimate of drug-likeness (QED) is 0.425. The van der Waals surface area contributed by atoms with Crippen molar-refractivity contribution in [2.24, 2.45) is 0 Å². The highest BCUT2D eigenvalue weighted by atomic mass is 16.5. The molecule has 0 aromatic carbocycles. The van der Waals surface area contributed by atoms with E-state index in [9.17, 15) is 5.21 Å². The first-order chi connectivity index (χ1) is 5.70. The lowest BCUT2D eigenvalue weighted by Crippen LogP contribution is -2.32. The first kappa shape index (κ1) is 7.53. The van der Waals surface area contributed by atoms with E-state index in [0.717, 1.165) is 29.0 Å². The molecule has 3 heteroatoms. The van der Waals surface area contributed by atoms with Gasteiger partial charge in [0.1, 0.15) is 5.69 Å². The molecular formula is C9H12N2O. The van der Waals surface area contributed by atoms with Crippen molar-refractivity contribution < 1.29 is 4.73 Å². The molecule has 0 saturated heterocycles. The van der Waals surface area contributed by atoms with Crippen molar-refractivity contribution >= 4 is 0 Å². The molecule has 64 valence electrons. The molecule has 0 fully saturated rings. The molecule has 0 N–H and O–H groups in total.